The quantitative estimate of drug-likeness (QED) is 0.0203. The molecule has 0 fully saturated rings. The van der Waals surface area contributed by atoms with Gasteiger partial charge >= 0.3 is 0 Å². The molecule has 0 spiro atoms. The largest absolute Gasteiger partial charge is 0.756 e. The molecule has 0 aromatic rings. The molecule has 0 radical (unpaired) electrons. The lowest BCUT2D eigenvalue weighted by molar-refractivity contribution is -0.870. The molecule has 0 aliphatic rings. The Kier molecular flexibility index (Phi) is 37.4. The van der Waals surface area contributed by atoms with Crippen molar-refractivity contribution in [3.63, 3.8) is 0 Å². The van der Waals surface area contributed by atoms with Crippen molar-refractivity contribution in [3.05, 3.63) is 36.8 Å². The van der Waals surface area contributed by atoms with E-state index in [1.165, 1.54) is 154 Å². The van der Waals surface area contributed by atoms with Gasteiger partial charge in [-0.3, -0.25) is 4.57 Å². The van der Waals surface area contributed by atoms with Crippen molar-refractivity contribution >= 4 is 7.82 Å². The van der Waals surface area contributed by atoms with Gasteiger partial charge in [0.1, 0.15) is 19.8 Å². The standard InChI is InChI=1S/C44H86NO6P/c1-6-8-10-12-14-16-18-20-22-24-26-28-30-32-34-36-39-48-42-44(43-51-52(46,47)50-41-38-45(3,4)5)49-40-37-35-33-31-29-27-25-23-21-19-17-15-13-11-9-7-2/h16,18,36-37,39-40,44H,6-15,17,19-35,38,41-43H2,1-5H3/b18-16-,39-36-,40-37-/t44-/m1/s1. The van der Waals surface area contributed by atoms with Gasteiger partial charge in [-0.05, 0) is 63.5 Å². The van der Waals surface area contributed by atoms with E-state index in [4.69, 9.17) is 18.5 Å². The summed E-state index contributed by atoms with van der Waals surface area (Å²) in [6.07, 6.45) is 47.8. The maximum Gasteiger partial charge on any atom is 0.268 e. The van der Waals surface area contributed by atoms with E-state index in [1.807, 2.05) is 33.3 Å². The molecule has 8 heteroatoms. The molecule has 2 atom stereocenters. The monoisotopic (exact) mass is 756 g/mol. The zero-order chi connectivity index (χ0) is 38.3. The lowest BCUT2D eigenvalue weighted by atomic mass is 10.0. The molecule has 0 rings (SSSR count). The number of hydrogen-bond acceptors (Lipinski definition) is 6. The van der Waals surface area contributed by atoms with Crippen LogP contribution in [0.5, 0.6) is 0 Å². The van der Waals surface area contributed by atoms with Crippen molar-refractivity contribution in [2.24, 2.45) is 0 Å². The van der Waals surface area contributed by atoms with Gasteiger partial charge in [-0.15, -0.1) is 0 Å². The Bertz CT molecular complexity index is 871. The van der Waals surface area contributed by atoms with Gasteiger partial charge in [0, 0.05) is 0 Å². The highest BCUT2D eigenvalue weighted by Gasteiger charge is 2.17. The Balaban J connectivity index is 4.21. The number of hydrogen-bond donors (Lipinski definition) is 0. The fourth-order valence-electron chi connectivity index (χ4n) is 5.91. The number of quaternary nitrogens is 1. The molecule has 0 bridgehead atoms. The van der Waals surface area contributed by atoms with Crippen molar-refractivity contribution in [2.75, 3.05) is 47.5 Å². The topological polar surface area (TPSA) is 77.1 Å². The first kappa shape index (κ1) is 50.9. The molecule has 0 saturated heterocycles. The molecule has 0 saturated carbocycles. The second-order valence-corrected chi connectivity index (χ2v) is 17.2. The van der Waals surface area contributed by atoms with Crippen LogP contribution < -0.4 is 4.89 Å². The highest BCUT2D eigenvalue weighted by molar-refractivity contribution is 7.45. The van der Waals surface area contributed by atoms with E-state index < -0.39 is 13.9 Å². The molecule has 0 amide bonds. The van der Waals surface area contributed by atoms with E-state index in [9.17, 15) is 9.46 Å². The Morgan fingerprint density at radius 2 is 0.904 bits per heavy atom. The van der Waals surface area contributed by atoms with Crippen molar-refractivity contribution in [3.8, 4) is 0 Å². The van der Waals surface area contributed by atoms with Gasteiger partial charge in [0.15, 0.2) is 6.10 Å². The fraction of sp³-hybridized carbons (Fsp3) is 0.864. The van der Waals surface area contributed by atoms with E-state index in [2.05, 4.69) is 26.0 Å². The maximum absolute atomic E-state index is 12.3. The van der Waals surface area contributed by atoms with E-state index >= 15 is 0 Å². The van der Waals surface area contributed by atoms with Crippen molar-refractivity contribution in [2.45, 2.75) is 200 Å². The summed E-state index contributed by atoms with van der Waals surface area (Å²) < 4.78 is 34.8. The smallest absolute Gasteiger partial charge is 0.268 e. The van der Waals surface area contributed by atoms with Gasteiger partial charge in [-0.2, -0.15) is 0 Å². The summed E-state index contributed by atoms with van der Waals surface area (Å²) in [5.74, 6) is 0. The van der Waals surface area contributed by atoms with Crippen LogP contribution >= 0.6 is 7.82 Å². The number of allylic oxidation sites excluding steroid dienone is 4. The van der Waals surface area contributed by atoms with Crippen molar-refractivity contribution in [1.29, 1.82) is 0 Å². The van der Waals surface area contributed by atoms with Gasteiger partial charge < -0.3 is 27.9 Å². The molecule has 0 aliphatic carbocycles. The van der Waals surface area contributed by atoms with Gasteiger partial charge in [-0.25, -0.2) is 0 Å². The molecular formula is C44H86NO6P. The molecule has 0 aromatic heterocycles. The molecule has 7 nitrogen and oxygen atoms in total. The maximum atomic E-state index is 12.3. The molecule has 1 unspecified atom stereocenters. The lowest BCUT2D eigenvalue weighted by Gasteiger charge is -2.28. The van der Waals surface area contributed by atoms with Crippen LogP contribution in [0.3, 0.4) is 0 Å². The minimum absolute atomic E-state index is 0.0741. The normalized spacial score (nSPS) is 14.2. The molecule has 52 heavy (non-hydrogen) atoms. The SMILES string of the molecule is CCCCCC/C=C\CCCCCCCC/C=C\OC[C@H](COP(=O)([O-])OCC[N+](C)(C)C)O/C=C\CCCCCCCCCCCCCCCC. The summed E-state index contributed by atoms with van der Waals surface area (Å²) in [5.41, 5.74) is 0. The number of nitrogens with zero attached hydrogens (tertiary/aromatic N) is 1. The Morgan fingerprint density at radius 1 is 0.519 bits per heavy atom. The number of likely N-dealkylation sites (N-methyl/N-ethyl adjacent to an activating group) is 1. The lowest BCUT2D eigenvalue weighted by Crippen LogP contribution is -2.37. The molecule has 0 aliphatic heterocycles. The number of rotatable bonds is 41. The second kappa shape index (κ2) is 38.2. The van der Waals surface area contributed by atoms with Gasteiger partial charge in [0.2, 0.25) is 0 Å². The predicted molar refractivity (Wildman–Crippen MR) is 221 cm³/mol. The number of phosphoric ester groups is 1. The van der Waals surface area contributed by atoms with Crippen LogP contribution in [-0.4, -0.2) is 58.1 Å². The van der Waals surface area contributed by atoms with E-state index in [1.54, 1.807) is 12.5 Å². The Morgan fingerprint density at radius 3 is 1.35 bits per heavy atom. The molecule has 0 N–H and O–H groups in total. The van der Waals surface area contributed by atoms with Crippen LogP contribution in [0.15, 0.2) is 36.8 Å². The summed E-state index contributed by atoms with van der Waals surface area (Å²) in [4.78, 5) is 12.3. The van der Waals surface area contributed by atoms with Crippen LogP contribution in [0.4, 0.5) is 0 Å². The van der Waals surface area contributed by atoms with Crippen molar-refractivity contribution in [1.82, 2.24) is 0 Å². The highest BCUT2D eigenvalue weighted by atomic mass is 31.2. The summed E-state index contributed by atoms with van der Waals surface area (Å²) in [6.45, 7) is 5.21. The molecule has 308 valence electrons. The zero-order valence-corrected chi connectivity index (χ0v) is 35.9. The average molecular weight is 756 g/mol. The molecular weight excluding hydrogens is 669 g/mol. The van der Waals surface area contributed by atoms with E-state index in [-0.39, 0.29) is 19.8 Å². The third kappa shape index (κ3) is 41.6. The first-order chi connectivity index (χ1) is 25.2. The molecule has 0 heterocycles. The van der Waals surface area contributed by atoms with Gasteiger partial charge in [-0.1, -0.05) is 154 Å². The third-order valence-corrected chi connectivity index (χ3v) is 10.3. The summed E-state index contributed by atoms with van der Waals surface area (Å²) in [5, 5.41) is 0. The highest BCUT2D eigenvalue weighted by Crippen LogP contribution is 2.38. The average Bonchev–Trinajstić information content (AvgIpc) is 3.10. The Labute approximate surface area is 323 Å². The predicted octanol–water partition coefficient (Wildman–Crippen LogP) is 13.1. The van der Waals surface area contributed by atoms with Crippen LogP contribution in [0.2, 0.25) is 0 Å². The zero-order valence-electron chi connectivity index (χ0n) is 35.0. The van der Waals surface area contributed by atoms with Gasteiger partial charge in [0.05, 0.1) is 40.3 Å². The van der Waals surface area contributed by atoms with Crippen molar-refractivity contribution < 1.29 is 32.5 Å². The number of unbranched alkanes of at least 4 members (excludes halogenated alkanes) is 25. The minimum atomic E-state index is -4.43. The summed E-state index contributed by atoms with van der Waals surface area (Å²) >= 11 is 0. The van der Waals surface area contributed by atoms with E-state index in [0.717, 1.165) is 25.7 Å². The van der Waals surface area contributed by atoms with E-state index in [0.29, 0.717) is 11.0 Å². The fourth-order valence-corrected chi connectivity index (χ4v) is 6.64. The number of phosphoric acid groups is 1. The first-order valence-electron chi connectivity index (χ1n) is 21.8. The summed E-state index contributed by atoms with van der Waals surface area (Å²) in [7, 11) is 1.52. The van der Waals surface area contributed by atoms with Gasteiger partial charge in [0.25, 0.3) is 7.82 Å². The van der Waals surface area contributed by atoms with Crippen LogP contribution in [0, 0.1) is 0 Å². The van der Waals surface area contributed by atoms with Crippen LogP contribution in [-0.2, 0) is 23.1 Å². The summed E-state index contributed by atoms with van der Waals surface area (Å²) in [6, 6.07) is 0. The minimum Gasteiger partial charge on any atom is -0.756 e. The third-order valence-electron chi connectivity index (χ3n) is 9.38. The molecule has 0 aromatic carbocycles. The number of ether oxygens (including phenoxy) is 2. The van der Waals surface area contributed by atoms with Crippen LogP contribution in [0.1, 0.15) is 194 Å². The second-order valence-electron chi connectivity index (χ2n) is 15.8. The Hall–Kier alpha value is -1.11. The van der Waals surface area contributed by atoms with Crippen LogP contribution in [0.25, 0.3) is 0 Å². The first-order valence-corrected chi connectivity index (χ1v) is 23.3.